The molecule has 0 bridgehead atoms. The van der Waals surface area contributed by atoms with Gasteiger partial charge in [-0.15, -0.1) is 11.3 Å². The van der Waals surface area contributed by atoms with Crippen molar-refractivity contribution in [1.29, 1.82) is 0 Å². The zero-order chi connectivity index (χ0) is 8.59. The fourth-order valence-corrected chi connectivity index (χ4v) is 2.64. The molecule has 0 radical (unpaired) electrons. The maximum atomic E-state index is 9.33. The van der Waals surface area contributed by atoms with Crippen molar-refractivity contribution in [3.63, 3.8) is 0 Å². The molecular weight excluding hydrogens is 224 g/mol. The molecule has 1 atom stereocenters. The van der Waals surface area contributed by atoms with Gasteiger partial charge in [-0.25, -0.2) is 0 Å². The van der Waals surface area contributed by atoms with E-state index in [-0.39, 0.29) is 6.10 Å². The molecule has 0 aliphatic heterocycles. The van der Waals surface area contributed by atoms with Crippen molar-refractivity contribution in [3.8, 4) is 0 Å². The van der Waals surface area contributed by atoms with Gasteiger partial charge in [0.25, 0.3) is 0 Å². The first kappa shape index (κ1) is 9.23. The molecule has 3 heteroatoms. The molecule has 0 aliphatic rings. The average Bonchev–Trinajstić information content (AvgIpc) is 2.17. The molecule has 0 spiro atoms. The van der Waals surface area contributed by atoms with Gasteiger partial charge in [-0.3, -0.25) is 0 Å². The lowest BCUT2D eigenvalue weighted by Crippen LogP contribution is -1.88. The molecule has 0 saturated heterocycles. The summed E-state index contributed by atoms with van der Waals surface area (Å²) >= 11 is 5.12. The molecule has 0 aromatic carbocycles. The Morgan fingerprint density at radius 1 is 1.45 bits per heavy atom. The van der Waals surface area contributed by atoms with Crippen LogP contribution in [0.3, 0.4) is 0 Å². The molecule has 1 aromatic rings. The minimum Gasteiger partial charge on any atom is -0.388 e. The standard InChI is InChI=1S/C8H11BrOS/c1-4-7(9)6(3)11-8(4)5(2)10/h5,10H,1-3H3. The van der Waals surface area contributed by atoms with Gasteiger partial charge in [0.1, 0.15) is 0 Å². The van der Waals surface area contributed by atoms with Crippen molar-refractivity contribution < 1.29 is 5.11 Å². The van der Waals surface area contributed by atoms with Crippen LogP contribution in [0.5, 0.6) is 0 Å². The van der Waals surface area contributed by atoms with Gasteiger partial charge < -0.3 is 5.11 Å². The Bertz CT molecular complexity index is 265. The van der Waals surface area contributed by atoms with Crippen LogP contribution in [0.2, 0.25) is 0 Å². The molecule has 0 amide bonds. The van der Waals surface area contributed by atoms with Crippen LogP contribution in [0.15, 0.2) is 4.47 Å². The van der Waals surface area contributed by atoms with Crippen LogP contribution in [0.4, 0.5) is 0 Å². The van der Waals surface area contributed by atoms with Crippen molar-refractivity contribution in [1.82, 2.24) is 0 Å². The van der Waals surface area contributed by atoms with Crippen LogP contribution in [-0.2, 0) is 0 Å². The molecule has 1 aromatic heterocycles. The first-order valence-electron chi connectivity index (χ1n) is 3.47. The van der Waals surface area contributed by atoms with Crippen LogP contribution >= 0.6 is 27.3 Å². The van der Waals surface area contributed by atoms with Crippen molar-refractivity contribution in [2.75, 3.05) is 0 Å². The van der Waals surface area contributed by atoms with Gasteiger partial charge in [0.05, 0.1) is 6.10 Å². The van der Waals surface area contributed by atoms with E-state index >= 15 is 0 Å². The van der Waals surface area contributed by atoms with Crippen molar-refractivity contribution in [2.45, 2.75) is 26.9 Å². The first-order chi connectivity index (χ1) is 5.04. The van der Waals surface area contributed by atoms with Crippen LogP contribution in [0, 0.1) is 13.8 Å². The summed E-state index contributed by atoms with van der Waals surface area (Å²) < 4.78 is 1.14. The molecule has 0 fully saturated rings. The van der Waals surface area contributed by atoms with E-state index in [0.717, 1.165) is 9.35 Å². The normalized spacial score (nSPS) is 13.5. The predicted molar refractivity (Wildman–Crippen MR) is 52.1 cm³/mol. The molecule has 0 aliphatic carbocycles. The summed E-state index contributed by atoms with van der Waals surface area (Å²) in [6.07, 6.45) is -0.343. The molecule has 1 unspecified atom stereocenters. The lowest BCUT2D eigenvalue weighted by Gasteiger charge is -2.00. The number of rotatable bonds is 1. The summed E-state index contributed by atoms with van der Waals surface area (Å²) in [6.45, 7) is 5.87. The van der Waals surface area contributed by atoms with Gasteiger partial charge in [0.15, 0.2) is 0 Å². The Hall–Kier alpha value is 0.140. The van der Waals surface area contributed by atoms with Gasteiger partial charge in [-0.1, -0.05) is 0 Å². The molecule has 1 heterocycles. The lowest BCUT2D eigenvalue weighted by atomic mass is 10.2. The van der Waals surface area contributed by atoms with Crippen molar-refractivity contribution in [3.05, 3.63) is 19.8 Å². The van der Waals surface area contributed by atoms with Crippen molar-refractivity contribution in [2.24, 2.45) is 0 Å². The molecular formula is C8H11BrOS. The van der Waals surface area contributed by atoms with Gasteiger partial charge in [0.2, 0.25) is 0 Å². The number of aliphatic hydroxyl groups excluding tert-OH is 1. The Labute approximate surface area is 79.2 Å². The predicted octanol–water partition coefficient (Wildman–Crippen LogP) is 3.18. The quantitative estimate of drug-likeness (QED) is 0.792. The van der Waals surface area contributed by atoms with Crippen LogP contribution in [0.1, 0.15) is 28.3 Å². The SMILES string of the molecule is Cc1sc(C(C)O)c(C)c1Br. The second-order valence-electron chi connectivity index (χ2n) is 2.64. The second kappa shape index (κ2) is 3.25. The van der Waals surface area contributed by atoms with E-state index in [4.69, 9.17) is 0 Å². The van der Waals surface area contributed by atoms with E-state index in [1.807, 2.05) is 13.8 Å². The Kier molecular flexibility index (Phi) is 2.73. The van der Waals surface area contributed by atoms with E-state index in [1.54, 1.807) is 18.3 Å². The van der Waals surface area contributed by atoms with E-state index in [1.165, 1.54) is 10.4 Å². The summed E-state index contributed by atoms with van der Waals surface area (Å²) in [7, 11) is 0. The molecule has 11 heavy (non-hydrogen) atoms. The minimum atomic E-state index is -0.343. The third-order valence-electron chi connectivity index (χ3n) is 1.65. The van der Waals surface area contributed by atoms with Gasteiger partial charge in [0, 0.05) is 14.2 Å². The highest BCUT2D eigenvalue weighted by molar-refractivity contribution is 9.10. The Morgan fingerprint density at radius 2 is 2.00 bits per heavy atom. The van der Waals surface area contributed by atoms with Gasteiger partial charge >= 0.3 is 0 Å². The van der Waals surface area contributed by atoms with E-state index in [0.29, 0.717) is 0 Å². The summed E-state index contributed by atoms with van der Waals surface area (Å²) in [6, 6.07) is 0. The van der Waals surface area contributed by atoms with Gasteiger partial charge in [-0.2, -0.15) is 0 Å². The maximum absolute atomic E-state index is 9.33. The fraction of sp³-hybridized carbons (Fsp3) is 0.500. The van der Waals surface area contributed by atoms with Crippen LogP contribution in [-0.4, -0.2) is 5.11 Å². The number of thiophene rings is 1. The number of hydrogen-bond donors (Lipinski definition) is 1. The largest absolute Gasteiger partial charge is 0.388 e. The monoisotopic (exact) mass is 234 g/mol. The summed E-state index contributed by atoms with van der Waals surface area (Å²) in [5.41, 5.74) is 1.17. The van der Waals surface area contributed by atoms with Crippen LogP contribution in [0.25, 0.3) is 0 Å². The maximum Gasteiger partial charge on any atom is 0.0857 e. The zero-order valence-corrected chi connectivity index (χ0v) is 9.21. The number of halogens is 1. The molecule has 1 rings (SSSR count). The molecule has 1 N–H and O–H groups in total. The van der Waals surface area contributed by atoms with Crippen LogP contribution < -0.4 is 0 Å². The molecule has 62 valence electrons. The topological polar surface area (TPSA) is 20.2 Å². The summed E-state index contributed by atoms with van der Waals surface area (Å²) in [5, 5.41) is 9.33. The number of hydrogen-bond acceptors (Lipinski definition) is 2. The van der Waals surface area contributed by atoms with E-state index < -0.39 is 0 Å². The highest BCUT2D eigenvalue weighted by Crippen LogP contribution is 2.35. The highest BCUT2D eigenvalue weighted by atomic mass is 79.9. The molecule has 1 nitrogen and oxygen atoms in total. The summed E-state index contributed by atoms with van der Waals surface area (Å²) in [4.78, 5) is 2.30. The Morgan fingerprint density at radius 3 is 2.18 bits per heavy atom. The lowest BCUT2D eigenvalue weighted by molar-refractivity contribution is 0.202. The Balaban J connectivity index is 3.19. The third-order valence-corrected chi connectivity index (χ3v) is 4.48. The number of aliphatic hydroxyl groups is 1. The molecule has 0 saturated carbocycles. The van der Waals surface area contributed by atoms with Gasteiger partial charge in [-0.05, 0) is 42.3 Å². The first-order valence-corrected chi connectivity index (χ1v) is 5.08. The summed E-state index contributed by atoms with van der Waals surface area (Å²) in [5.74, 6) is 0. The smallest absolute Gasteiger partial charge is 0.0857 e. The van der Waals surface area contributed by atoms with Crippen molar-refractivity contribution >= 4 is 27.3 Å². The number of aryl methyl sites for hydroxylation is 1. The van der Waals surface area contributed by atoms with E-state index in [9.17, 15) is 5.11 Å². The third kappa shape index (κ3) is 1.66. The average molecular weight is 235 g/mol. The minimum absolute atomic E-state index is 0.343. The zero-order valence-electron chi connectivity index (χ0n) is 6.81. The van der Waals surface area contributed by atoms with E-state index in [2.05, 4.69) is 15.9 Å². The fourth-order valence-electron chi connectivity index (χ4n) is 1.06. The highest BCUT2D eigenvalue weighted by Gasteiger charge is 2.12. The second-order valence-corrected chi connectivity index (χ2v) is 4.69.